The molecule has 0 bridgehead atoms. The van der Waals surface area contributed by atoms with Gasteiger partial charge in [0.05, 0.1) is 11.0 Å². The second kappa shape index (κ2) is 6.79. The number of hydrogen-bond donors (Lipinski definition) is 2. The van der Waals surface area contributed by atoms with Crippen LogP contribution in [0.3, 0.4) is 0 Å². The standard InChI is InChI=1S/C13H19NO4S/c1-10(15)5-4-8-14-19(17,18)13-7-3-6-12(9-13)11(2)16/h3,6-7,9-10,14-15H,4-5,8H2,1-2H3. The van der Waals surface area contributed by atoms with Gasteiger partial charge in [0, 0.05) is 12.1 Å². The SMILES string of the molecule is CC(=O)c1cccc(S(=O)(=O)NCCCC(C)O)c1. The van der Waals surface area contributed by atoms with Gasteiger partial charge in [0.25, 0.3) is 0 Å². The predicted molar refractivity (Wildman–Crippen MR) is 72.5 cm³/mol. The molecule has 0 saturated carbocycles. The first-order chi connectivity index (χ1) is 8.83. The van der Waals surface area contributed by atoms with Crippen molar-refractivity contribution < 1.29 is 18.3 Å². The average Bonchev–Trinajstić information content (AvgIpc) is 2.34. The molecule has 0 aliphatic rings. The van der Waals surface area contributed by atoms with Gasteiger partial charge in [0.2, 0.25) is 10.0 Å². The summed E-state index contributed by atoms with van der Waals surface area (Å²) in [6, 6.07) is 5.93. The van der Waals surface area contributed by atoms with Crippen molar-refractivity contribution in [3.05, 3.63) is 29.8 Å². The maximum absolute atomic E-state index is 12.0. The summed E-state index contributed by atoms with van der Waals surface area (Å²) in [6.45, 7) is 3.31. The summed E-state index contributed by atoms with van der Waals surface area (Å²) in [4.78, 5) is 11.3. The summed E-state index contributed by atoms with van der Waals surface area (Å²) in [5, 5.41) is 9.08. The monoisotopic (exact) mass is 285 g/mol. The zero-order chi connectivity index (χ0) is 14.5. The second-order valence-corrected chi connectivity index (χ2v) is 6.24. The molecule has 0 heterocycles. The summed E-state index contributed by atoms with van der Waals surface area (Å²) >= 11 is 0. The van der Waals surface area contributed by atoms with Crippen molar-refractivity contribution in [1.82, 2.24) is 4.72 Å². The molecule has 1 unspecified atom stereocenters. The van der Waals surface area contributed by atoms with E-state index in [1.54, 1.807) is 19.1 Å². The lowest BCUT2D eigenvalue weighted by Gasteiger charge is -2.08. The summed E-state index contributed by atoms with van der Waals surface area (Å²) in [7, 11) is -3.60. The Balaban J connectivity index is 2.72. The van der Waals surface area contributed by atoms with E-state index in [4.69, 9.17) is 5.11 Å². The normalized spacial score (nSPS) is 13.2. The van der Waals surface area contributed by atoms with Crippen molar-refractivity contribution in [1.29, 1.82) is 0 Å². The summed E-state index contributed by atoms with van der Waals surface area (Å²) < 4.78 is 26.4. The van der Waals surface area contributed by atoms with Crippen LogP contribution in [0, 0.1) is 0 Å². The molecule has 0 aliphatic heterocycles. The van der Waals surface area contributed by atoms with Crippen LogP contribution in [-0.2, 0) is 10.0 Å². The summed E-state index contributed by atoms with van der Waals surface area (Å²) in [5.74, 6) is -0.175. The van der Waals surface area contributed by atoms with Crippen LogP contribution in [0.1, 0.15) is 37.0 Å². The number of Topliss-reactive ketones (excluding diaryl/α,β-unsaturated/α-hetero) is 1. The fourth-order valence-electron chi connectivity index (χ4n) is 1.57. The molecule has 0 spiro atoms. The van der Waals surface area contributed by atoms with Gasteiger partial charge in [-0.3, -0.25) is 4.79 Å². The first-order valence-corrected chi connectivity index (χ1v) is 7.60. The molecule has 0 amide bonds. The molecular formula is C13H19NO4S. The number of sulfonamides is 1. The first kappa shape index (κ1) is 15.8. The van der Waals surface area contributed by atoms with Gasteiger partial charge >= 0.3 is 0 Å². The zero-order valence-electron chi connectivity index (χ0n) is 11.1. The highest BCUT2D eigenvalue weighted by molar-refractivity contribution is 7.89. The lowest BCUT2D eigenvalue weighted by atomic mass is 10.2. The lowest BCUT2D eigenvalue weighted by Crippen LogP contribution is -2.25. The van der Waals surface area contributed by atoms with Gasteiger partial charge in [-0.1, -0.05) is 12.1 Å². The molecule has 0 aliphatic carbocycles. The van der Waals surface area contributed by atoms with Crippen molar-refractivity contribution in [3.8, 4) is 0 Å². The van der Waals surface area contributed by atoms with E-state index in [1.165, 1.54) is 19.1 Å². The van der Waals surface area contributed by atoms with E-state index in [9.17, 15) is 13.2 Å². The van der Waals surface area contributed by atoms with Gasteiger partial charge in [-0.05, 0) is 38.8 Å². The highest BCUT2D eigenvalue weighted by Crippen LogP contribution is 2.12. The number of aliphatic hydroxyl groups excluding tert-OH is 1. The van der Waals surface area contributed by atoms with E-state index in [0.717, 1.165) is 0 Å². The Morgan fingerprint density at radius 3 is 2.68 bits per heavy atom. The minimum atomic E-state index is -3.60. The van der Waals surface area contributed by atoms with Crippen molar-refractivity contribution in [3.63, 3.8) is 0 Å². The number of carbonyl (C=O) groups is 1. The molecule has 0 fully saturated rings. The van der Waals surface area contributed by atoms with Crippen molar-refractivity contribution >= 4 is 15.8 Å². The smallest absolute Gasteiger partial charge is 0.240 e. The number of nitrogens with one attached hydrogen (secondary N) is 1. The molecule has 1 rings (SSSR count). The van der Waals surface area contributed by atoms with Gasteiger partial charge < -0.3 is 5.11 Å². The minimum Gasteiger partial charge on any atom is -0.393 e. The van der Waals surface area contributed by atoms with Crippen LogP contribution in [-0.4, -0.2) is 32.0 Å². The molecule has 106 valence electrons. The van der Waals surface area contributed by atoms with Crippen molar-refractivity contribution in [2.45, 2.75) is 37.7 Å². The average molecular weight is 285 g/mol. The van der Waals surface area contributed by atoms with E-state index >= 15 is 0 Å². The molecule has 1 aromatic carbocycles. The largest absolute Gasteiger partial charge is 0.393 e. The number of hydrogen-bond acceptors (Lipinski definition) is 4. The van der Waals surface area contributed by atoms with Gasteiger partial charge in [0.1, 0.15) is 0 Å². The van der Waals surface area contributed by atoms with Gasteiger partial charge in [-0.2, -0.15) is 0 Å². The topological polar surface area (TPSA) is 83.5 Å². The number of aliphatic hydroxyl groups is 1. The van der Waals surface area contributed by atoms with Crippen molar-refractivity contribution in [2.75, 3.05) is 6.54 Å². The number of carbonyl (C=O) groups excluding carboxylic acids is 1. The Labute approximate surface area is 113 Å². The quantitative estimate of drug-likeness (QED) is 0.585. The maximum atomic E-state index is 12.0. The molecule has 6 heteroatoms. The van der Waals surface area contributed by atoms with Crippen LogP contribution in [0.2, 0.25) is 0 Å². The fourth-order valence-corrected chi connectivity index (χ4v) is 2.69. The number of ketones is 1. The van der Waals surface area contributed by atoms with Crippen LogP contribution in [0.5, 0.6) is 0 Å². The Morgan fingerprint density at radius 2 is 2.11 bits per heavy atom. The fraction of sp³-hybridized carbons (Fsp3) is 0.462. The molecule has 19 heavy (non-hydrogen) atoms. The van der Waals surface area contributed by atoms with E-state index in [2.05, 4.69) is 4.72 Å². The summed E-state index contributed by atoms with van der Waals surface area (Å²) in [5.41, 5.74) is 0.367. The molecule has 1 atom stereocenters. The van der Waals surface area contributed by atoms with E-state index < -0.39 is 16.1 Å². The Bertz CT molecular complexity index is 537. The third-order valence-corrected chi connectivity index (χ3v) is 4.10. The molecule has 0 saturated heterocycles. The Morgan fingerprint density at radius 1 is 1.42 bits per heavy atom. The molecule has 2 N–H and O–H groups in total. The molecule has 0 aromatic heterocycles. The van der Waals surface area contributed by atoms with Crippen LogP contribution < -0.4 is 4.72 Å². The van der Waals surface area contributed by atoms with E-state index in [-0.39, 0.29) is 17.2 Å². The number of rotatable bonds is 7. The third-order valence-electron chi connectivity index (χ3n) is 2.64. The third kappa shape index (κ3) is 5.10. The molecule has 0 radical (unpaired) electrons. The Kier molecular flexibility index (Phi) is 5.65. The van der Waals surface area contributed by atoms with Gasteiger partial charge in [-0.15, -0.1) is 0 Å². The lowest BCUT2D eigenvalue weighted by molar-refractivity contribution is 0.101. The molecular weight excluding hydrogens is 266 g/mol. The van der Waals surface area contributed by atoms with E-state index in [1.807, 2.05) is 0 Å². The molecule has 5 nitrogen and oxygen atoms in total. The minimum absolute atomic E-state index is 0.0808. The zero-order valence-corrected chi connectivity index (χ0v) is 11.9. The van der Waals surface area contributed by atoms with E-state index in [0.29, 0.717) is 18.4 Å². The Hall–Kier alpha value is -1.24. The van der Waals surface area contributed by atoms with Crippen molar-refractivity contribution in [2.24, 2.45) is 0 Å². The summed E-state index contributed by atoms with van der Waals surface area (Å²) in [6.07, 6.45) is 0.657. The van der Waals surface area contributed by atoms with Gasteiger partial charge in [0.15, 0.2) is 5.78 Å². The first-order valence-electron chi connectivity index (χ1n) is 6.11. The highest BCUT2D eigenvalue weighted by atomic mass is 32.2. The van der Waals surface area contributed by atoms with Gasteiger partial charge in [-0.25, -0.2) is 13.1 Å². The predicted octanol–water partition coefficient (Wildman–Crippen LogP) is 1.33. The van der Waals surface area contributed by atoms with Crippen LogP contribution in [0.25, 0.3) is 0 Å². The second-order valence-electron chi connectivity index (χ2n) is 4.47. The van der Waals surface area contributed by atoms with Crippen LogP contribution in [0.4, 0.5) is 0 Å². The van der Waals surface area contributed by atoms with Crippen LogP contribution in [0.15, 0.2) is 29.2 Å². The highest BCUT2D eigenvalue weighted by Gasteiger charge is 2.14. The molecule has 1 aromatic rings. The van der Waals surface area contributed by atoms with Crippen LogP contribution >= 0.6 is 0 Å². The number of benzene rings is 1. The maximum Gasteiger partial charge on any atom is 0.240 e.